The van der Waals surface area contributed by atoms with Crippen molar-refractivity contribution in [2.45, 2.75) is 71.6 Å². The smallest absolute Gasteiger partial charge is 0.409 e. The van der Waals surface area contributed by atoms with E-state index in [2.05, 4.69) is 26.1 Å². The Morgan fingerprint density at radius 1 is 1.18 bits per heavy atom. The Morgan fingerprint density at radius 3 is 2.42 bits per heavy atom. The molecule has 0 heterocycles. The molecule has 3 rings (SSSR count). The predicted octanol–water partition coefficient (Wildman–Crippen LogP) is 3.89. The van der Waals surface area contributed by atoms with E-state index in [9.17, 15) is 19.6 Å². The van der Waals surface area contributed by atoms with E-state index in [-0.39, 0.29) is 30.1 Å². The summed E-state index contributed by atoms with van der Waals surface area (Å²) in [5.41, 5.74) is -1.65. The van der Waals surface area contributed by atoms with Crippen LogP contribution in [0.3, 0.4) is 0 Å². The number of nitriles is 1. The minimum atomic E-state index is -2.24. The molecule has 0 saturated heterocycles. The molecule has 2 saturated carbocycles. The van der Waals surface area contributed by atoms with Gasteiger partial charge in [-0.15, -0.1) is 0 Å². The maximum atomic E-state index is 12.9. The number of rotatable bonds is 8. The Morgan fingerprint density at radius 2 is 1.88 bits per heavy atom. The molecule has 2 aliphatic rings. The number of nitrogens with one attached hydrogen (secondary N) is 1. The number of benzene rings is 1. The number of carbonyl (C=O) groups excluding carboxylic acids is 3. The summed E-state index contributed by atoms with van der Waals surface area (Å²) in [7, 11) is 0. The van der Waals surface area contributed by atoms with Gasteiger partial charge in [0.05, 0.1) is 13.0 Å². The van der Waals surface area contributed by atoms with Crippen molar-refractivity contribution >= 4 is 18.0 Å². The topological polar surface area (TPSA) is 115 Å². The first-order valence-corrected chi connectivity index (χ1v) is 11.3. The first-order valence-electron chi connectivity index (χ1n) is 11.3. The fourth-order valence-corrected chi connectivity index (χ4v) is 5.19. The highest BCUT2D eigenvalue weighted by Crippen LogP contribution is 2.66. The van der Waals surface area contributed by atoms with Crippen molar-refractivity contribution in [2.75, 3.05) is 6.61 Å². The molecule has 4 unspecified atom stereocenters. The molecular formula is C25H32N2O6. The second kappa shape index (κ2) is 9.42. The van der Waals surface area contributed by atoms with Gasteiger partial charge in [-0.2, -0.15) is 5.26 Å². The molecule has 178 valence electrons. The fourth-order valence-electron chi connectivity index (χ4n) is 5.19. The third-order valence-corrected chi connectivity index (χ3v) is 7.74. The van der Waals surface area contributed by atoms with Crippen molar-refractivity contribution in [3.63, 3.8) is 0 Å². The zero-order chi connectivity index (χ0) is 24.3. The molecule has 4 atom stereocenters. The van der Waals surface area contributed by atoms with Crippen molar-refractivity contribution < 1.29 is 28.6 Å². The van der Waals surface area contributed by atoms with Crippen LogP contribution in [0.2, 0.25) is 0 Å². The van der Waals surface area contributed by atoms with E-state index in [1.54, 1.807) is 37.3 Å². The van der Waals surface area contributed by atoms with E-state index in [4.69, 9.17) is 14.2 Å². The predicted molar refractivity (Wildman–Crippen MR) is 118 cm³/mol. The number of nitrogens with zero attached hydrogens (tertiary/aromatic N) is 1. The molecule has 33 heavy (non-hydrogen) atoms. The lowest BCUT2D eigenvalue weighted by Crippen LogP contribution is -2.56. The Bertz CT molecular complexity index is 940. The second-order valence-electron chi connectivity index (χ2n) is 9.69. The van der Waals surface area contributed by atoms with E-state index in [1.165, 1.54) is 0 Å². The Hall–Kier alpha value is -3.08. The highest BCUT2D eigenvalue weighted by Gasteiger charge is 2.63. The molecule has 0 aliphatic heterocycles. The molecule has 2 fully saturated rings. The van der Waals surface area contributed by atoms with E-state index in [0.717, 1.165) is 24.8 Å². The summed E-state index contributed by atoms with van der Waals surface area (Å²) in [5, 5.41) is 12.1. The van der Waals surface area contributed by atoms with Gasteiger partial charge in [0.15, 0.2) is 0 Å². The Balaban J connectivity index is 1.69. The lowest BCUT2D eigenvalue weighted by atomic mass is 9.70. The molecule has 0 aromatic heterocycles. The molecule has 1 amide bonds. The molecule has 1 N–H and O–H groups in total. The van der Waals surface area contributed by atoms with Gasteiger partial charge in [-0.3, -0.25) is 10.1 Å². The third-order valence-electron chi connectivity index (χ3n) is 7.74. The minimum absolute atomic E-state index is 0.0192. The quantitative estimate of drug-likeness (QED) is 0.466. The Kier molecular flexibility index (Phi) is 7.01. The van der Waals surface area contributed by atoms with Gasteiger partial charge in [-0.1, -0.05) is 51.1 Å². The van der Waals surface area contributed by atoms with Crippen molar-refractivity contribution in [2.24, 2.45) is 16.7 Å². The van der Waals surface area contributed by atoms with Crippen molar-refractivity contribution in [1.29, 1.82) is 5.26 Å². The number of hydrogen-bond donors (Lipinski definition) is 1. The standard InChI is InChI=1S/C25H32N2O6/c1-5-31-21(29)25(16-26,27-22(30)32-15-17-9-7-6-8-10-17)14-20(28)33-19-13-18-11-12-24(19,4)23(18,2)3/h6-10,18-19H,5,11-15H2,1-4H3,(H,27,30). The van der Waals surface area contributed by atoms with E-state index in [0.29, 0.717) is 5.92 Å². The lowest BCUT2D eigenvalue weighted by molar-refractivity contribution is -0.163. The van der Waals surface area contributed by atoms with Crippen molar-refractivity contribution in [1.82, 2.24) is 5.32 Å². The highest BCUT2D eigenvalue weighted by atomic mass is 16.6. The minimum Gasteiger partial charge on any atom is -0.463 e. The van der Waals surface area contributed by atoms with E-state index < -0.39 is 30.0 Å². The van der Waals surface area contributed by atoms with Gasteiger partial charge in [-0.05, 0) is 43.1 Å². The van der Waals surface area contributed by atoms with Gasteiger partial charge in [0.1, 0.15) is 18.8 Å². The van der Waals surface area contributed by atoms with Gasteiger partial charge >= 0.3 is 18.0 Å². The Labute approximate surface area is 194 Å². The van der Waals surface area contributed by atoms with Gasteiger partial charge in [0.25, 0.3) is 0 Å². The summed E-state index contributed by atoms with van der Waals surface area (Å²) in [5.74, 6) is -1.31. The number of amides is 1. The summed E-state index contributed by atoms with van der Waals surface area (Å²) in [6.07, 6.45) is 0.823. The van der Waals surface area contributed by atoms with Crippen molar-refractivity contribution in [3.05, 3.63) is 35.9 Å². The van der Waals surface area contributed by atoms with Crippen LogP contribution >= 0.6 is 0 Å². The molecule has 0 spiro atoms. The SMILES string of the molecule is CCOC(=O)C(C#N)(CC(=O)OC1CC2CCC1(C)C2(C)C)NC(=O)OCc1ccccc1. The fraction of sp³-hybridized carbons (Fsp3) is 0.600. The van der Waals surface area contributed by atoms with Crippen LogP contribution in [-0.4, -0.2) is 36.3 Å². The number of ether oxygens (including phenoxy) is 3. The summed E-state index contributed by atoms with van der Waals surface area (Å²) in [6.45, 7) is 8.01. The molecule has 1 aromatic rings. The van der Waals surface area contributed by atoms with Crippen LogP contribution in [-0.2, 0) is 30.4 Å². The molecule has 8 nitrogen and oxygen atoms in total. The zero-order valence-corrected chi connectivity index (χ0v) is 19.7. The average Bonchev–Trinajstić information content (AvgIpc) is 3.11. The lowest BCUT2D eigenvalue weighted by Gasteiger charge is -2.38. The summed E-state index contributed by atoms with van der Waals surface area (Å²) >= 11 is 0. The van der Waals surface area contributed by atoms with Crippen LogP contribution in [0.15, 0.2) is 30.3 Å². The summed E-state index contributed by atoms with van der Waals surface area (Å²) in [6, 6.07) is 10.7. The van der Waals surface area contributed by atoms with Crippen LogP contribution < -0.4 is 5.32 Å². The summed E-state index contributed by atoms with van der Waals surface area (Å²) < 4.78 is 15.9. The van der Waals surface area contributed by atoms with Gasteiger partial charge in [0.2, 0.25) is 5.54 Å². The maximum Gasteiger partial charge on any atom is 0.409 e. The normalized spacial score (nSPS) is 26.5. The molecule has 2 aliphatic carbocycles. The molecular weight excluding hydrogens is 424 g/mol. The maximum absolute atomic E-state index is 12.9. The van der Waals surface area contributed by atoms with Crippen molar-refractivity contribution in [3.8, 4) is 6.07 Å². The molecule has 1 aromatic carbocycles. The molecule has 2 bridgehead atoms. The molecule has 0 radical (unpaired) electrons. The number of esters is 2. The monoisotopic (exact) mass is 456 g/mol. The van der Waals surface area contributed by atoms with Crippen LogP contribution in [0.25, 0.3) is 0 Å². The summed E-state index contributed by atoms with van der Waals surface area (Å²) in [4.78, 5) is 38.0. The first kappa shape index (κ1) is 24.6. The number of hydrogen-bond acceptors (Lipinski definition) is 7. The number of alkyl carbamates (subject to hydrolysis) is 1. The zero-order valence-electron chi connectivity index (χ0n) is 19.7. The highest BCUT2D eigenvalue weighted by molar-refractivity contribution is 5.93. The van der Waals surface area contributed by atoms with Crippen LogP contribution in [0.1, 0.15) is 58.9 Å². The van der Waals surface area contributed by atoms with Crippen LogP contribution in [0, 0.1) is 28.1 Å². The van der Waals surface area contributed by atoms with Gasteiger partial charge < -0.3 is 14.2 Å². The second-order valence-corrected chi connectivity index (χ2v) is 9.69. The average molecular weight is 457 g/mol. The van der Waals surface area contributed by atoms with Crippen LogP contribution in [0.4, 0.5) is 4.79 Å². The van der Waals surface area contributed by atoms with E-state index >= 15 is 0 Å². The van der Waals surface area contributed by atoms with Crippen LogP contribution in [0.5, 0.6) is 0 Å². The number of carbonyl (C=O) groups is 3. The largest absolute Gasteiger partial charge is 0.463 e. The number of fused-ring (bicyclic) bond motifs is 2. The van der Waals surface area contributed by atoms with Gasteiger partial charge in [0, 0.05) is 5.41 Å². The van der Waals surface area contributed by atoms with Gasteiger partial charge in [-0.25, -0.2) is 9.59 Å². The third kappa shape index (κ3) is 4.68. The van der Waals surface area contributed by atoms with E-state index in [1.807, 2.05) is 6.07 Å². The molecule has 8 heteroatoms. The first-order chi connectivity index (χ1) is 15.6.